The molecule has 0 saturated carbocycles. The Morgan fingerprint density at radius 3 is 1.27 bits per heavy atom. The normalized spacial score (nSPS) is 11.3. The topological polar surface area (TPSA) is 112 Å². The van der Waals surface area contributed by atoms with Gasteiger partial charge in [0.2, 0.25) is 0 Å². The van der Waals surface area contributed by atoms with E-state index in [1.165, 1.54) is 0 Å². The maximum atomic E-state index is 12.5. The second kappa shape index (κ2) is 24.6. The highest BCUT2D eigenvalue weighted by Crippen LogP contribution is 2.22. The molecule has 0 amide bonds. The molecule has 10 nitrogen and oxygen atoms in total. The summed E-state index contributed by atoms with van der Waals surface area (Å²) in [5.41, 5.74) is -1.30. The number of nitrogens with zero attached hydrogens (tertiary/aromatic N) is 2. The molecule has 0 N–H and O–H groups in total. The molecule has 0 radical (unpaired) electrons. The molecule has 236 valence electrons. The number of thioether (sulfide) groups is 2. The number of rotatable bonds is 26. The number of ether oxygens (including phenoxy) is 4. The molecule has 0 spiro atoms. The summed E-state index contributed by atoms with van der Waals surface area (Å²) in [5.74, 6) is 0.648. The Kier molecular flexibility index (Phi) is 23.4. The molecule has 0 aliphatic heterocycles. The van der Waals surface area contributed by atoms with Crippen molar-refractivity contribution < 1.29 is 38.1 Å². The Bertz CT molecular complexity index is 725. The zero-order valence-corrected chi connectivity index (χ0v) is 27.0. The van der Waals surface area contributed by atoms with Crippen molar-refractivity contribution in [3.63, 3.8) is 0 Å². The van der Waals surface area contributed by atoms with E-state index in [1.807, 2.05) is 0 Å². The largest absolute Gasteiger partial charge is 0.465 e. The zero-order valence-electron chi connectivity index (χ0n) is 25.4. The molecule has 0 unspecified atom stereocenters. The van der Waals surface area contributed by atoms with Crippen LogP contribution in [0.25, 0.3) is 0 Å². The molecule has 0 bridgehead atoms. The van der Waals surface area contributed by atoms with E-state index < -0.39 is 29.3 Å². The van der Waals surface area contributed by atoms with Crippen LogP contribution < -0.4 is 0 Å². The Balaban J connectivity index is 5.12. The first-order valence-corrected chi connectivity index (χ1v) is 16.5. The molecule has 0 heterocycles. The lowest BCUT2D eigenvalue weighted by atomic mass is 9.92. The number of esters is 4. The molecular formula is C29H50N2O8S2. The molecule has 0 aromatic heterocycles. The highest BCUT2D eigenvalue weighted by Gasteiger charge is 2.37. The van der Waals surface area contributed by atoms with Gasteiger partial charge in [-0.2, -0.15) is 23.5 Å². The predicted octanol–water partition coefficient (Wildman–Crippen LogP) is 3.45. The van der Waals surface area contributed by atoms with Crippen LogP contribution in [0.3, 0.4) is 0 Å². The average molecular weight is 619 g/mol. The highest BCUT2D eigenvalue weighted by atomic mass is 32.2. The van der Waals surface area contributed by atoms with Crippen LogP contribution in [0.1, 0.15) is 40.5 Å². The van der Waals surface area contributed by atoms with Crippen LogP contribution in [0.4, 0.5) is 0 Å². The minimum atomic E-state index is -1.30. The first kappa shape index (κ1) is 39.0. The van der Waals surface area contributed by atoms with E-state index in [1.54, 1.807) is 23.5 Å². The van der Waals surface area contributed by atoms with Crippen molar-refractivity contribution in [2.45, 2.75) is 40.5 Å². The fourth-order valence-electron chi connectivity index (χ4n) is 3.41. The third-order valence-corrected chi connectivity index (χ3v) is 8.17. The molecule has 0 aliphatic rings. The van der Waals surface area contributed by atoms with Crippen molar-refractivity contribution in [3.8, 4) is 0 Å². The van der Waals surface area contributed by atoms with Gasteiger partial charge in [0.05, 0.1) is 12.8 Å². The van der Waals surface area contributed by atoms with Crippen molar-refractivity contribution in [1.82, 2.24) is 9.80 Å². The van der Waals surface area contributed by atoms with Gasteiger partial charge in [-0.3, -0.25) is 9.59 Å². The minimum absolute atomic E-state index is 0.183. The Hall–Kier alpha value is -2.02. The van der Waals surface area contributed by atoms with Gasteiger partial charge in [0.15, 0.2) is 0 Å². The summed E-state index contributed by atoms with van der Waals surface area (Å²) in [6.07, 6.45) is 2.34. The van der Waals surface area contributed by atoms with Gasteiger partial charge in [-0.25, -0.2) is 9.59 Å². The lowest BCUT2D eigenvalue weighted by molar-refractivity contribution is -0.167. The molecule has 0 aromatic rings. The number of hydrogen-bond donors (Lipinski definition) is 0. The quantitative estimate of drug-likeness (QED) is 0.0613. The van der Waals surface area contributed by atoms with Crippen LogP contribution >= 0.6 is 23.5 Å². The Morgan fingerprint density at radius 2 is 0.951 bits per heavy atom. The van der Waals surface area contributed by atoms with Crippen LogP contribution in [0.2, 0.25) is 0 Å². The zero-order chi connectivity index (χ0) is 30.9. The summed E-state index contributed by atoms with van der Waals surface area (Å²) < 4.78 is 21.5. The number of hydrogen-bond acceptors (Lipinski definition) is 12. The van der Waals surface area contributed by atoms with Crippen LogP contribution in [-0.2, 0) is 38.1 Å². The van der Waals surface area contributed by atoms with Gasteiger partial charge < -0.3 is 28.7 Å². The van der Waals surface area contributed by atoms with E-state index in [2.05, 4.69) is 50.7 Å². The van der Waals surface area contributed by atoms with Crippen LogP contribution in [-0.4, -0.2) is 122 Å². The molecule has 0 saturated heterocycles. The summed E-state index contributed by atoms with van der Waals surface area (Å²) in [7, 11) is 0. The van der Waals surface area contributed by atoms with Gasteiger partial charge >= 0.3 is 23.9 Å². The van der Waals surface area contributed by atoms with Gasteiger partial charge in [-0.1, -0.05) is 40.9 Å². The van der Waals surface area contributed by atoms with Crippen molar-refractivity contribution >= 4 is 47.4 Å². The molecule has 0 aliphatic carbocycles. The van der Waals surface area contributed by atoms with E-state index in [4.69, 9.17) is 18.9 Å². The molecular weight excluding hydrogens is 568 g/mol. The molecule has 0 atom stereocenters. The van der Waals surface area contributed by atoms with Crippen molar-refractivity contribution in [1.29, 1.82) is 0 Å². The molecule has 0 rings (SSSR count). The summed E-state index contributed by atoms with van der Waals surface area (Å²) in [6.45, 7) is 19.8. The summed E-state index contributed by atoms with van der Waals surface area (Å²) in [5, 5.41) is 0. The molecule has 12 heteroatoms. The first-order valence-electron chi connectivity index (χ1n) is 14.2. The SMILES string of the molecule is C=CC(=O)OCC(COC(=O)C=C)(COC(=O)CCSCCN(CC)CC)COC(=O)CCSCCN(CC)CC. The third-order valence-electron chi connectivity index (χ3n) is 6.25. The lowest BCUT2D eigenvalue weighted by Crippen LogP contribution is -2.43. The lowest BCUT2D eigenvalue weighted by Gasteiger charge is -2.31. The smallest absolute Gasteiger partial charge is 0.330 e. The van der Waals surface area contributed by atoms with Gasteiger partial charge in [0, 0.05) is 48.3 Å². The summed E-state index contributed by atoms with van der Waals surface area (Å²) >= 11 is 3.32. The van der Waals surface area contributed by atoms with Gasteiger partial charge in [0.25, 0.3) is 0 Å². The van der Waals surface area contributed by atoms with Crippen LogP contribution in [0.5, 0.6) is 0 Å². The van der Waals surface area contributed by atoms with E-state index in [0.717, 1.165) is 62.9 Å². The molecule has 0 fully saturated rings. The number of carbonyl (C=O) groups excluding carboxylic acids is 4. The monoisotopic (exact) mass is 618 g/mol. The van der Waals surface area contributed by atoms with Gasteiger partial charge in [0.1, 0.15) is 31.8 Å². The van der Waals surface area contributed by atoms with Crippen molar-refractivity contribution in [2.75, 3.05) is 88.7 Å². The second-order valence-electron chi connectivity index (χ2n) is 9.22. The van der Waals surface area contributed by atoms with Gasteiger partial charge in [-0.05, 0) is 26.2 Å². The standard InChI is InChI=1S/C29H50N2O8S2/c1-7-25(32)36-21-29(22-37-26(33)8-2,23-38-27(34)13-17-40-19-15-30(9-3)10-4)24-39-28(35)14-18-41-20-16-31(11-5)12-6/h7-8H,1-2,9-24H2,3-6H3. The molecule has 0 aromatic carbocycles. The van der Waals surface area contributed by atoms with E-state index >= 15 is 0 Å². The van der Waals surface area contributed by atoms with E-state index in [-0.39, 0.29) is 39.3 Å². The fraction of sp³-hybridized carbons (Fsp3) is 0.724. The van der Waals surface area contributed by atoms with Crippen molar-refractivity contribution in [3.05, 3.63) is 25.3 Å². The maximum Gasteiger partial charge on any atom is 0.330 e. The average Bonchev–Trinajstić information content (AvgIpc) is 2.99. The second-order valence-corrected chi connectivity index (χ2v) is 11.7. The number of carbonyl (C=O) groups is 4. The summed E-state index contributed by atoms with van der Waals surface area (Å²) in [6, 6.07) is 0. The molecule has 41 heavy (non-hydrogen) atoms. The van der Waals surface area contributed by atoms with E-state index in [9.17, 15) is 19.2 Å². The van der Waals surface area contributed by atoms with E-state index in [0.29, 0.717) is 11.5 Å². The summed E-state index contributed by atoms with van der Waals surface area (Å²) in [4.78, 5) is 53.3. The Labute approximate surface area is 254 Å². The first-order chi connectivity index (χ1) is 19.7. The van der Waals surface area contributed by atoms with Crippen LogP contribution in [0.15, 0.2) is 25.3 Å². The predicted molar refractivity (Wildman–Crippen MR) is 166 cm³/mol. The fourth-order valence-corrected chi connectivity index (χ4v) is 5.21. The maximum absolute atomic E-state index is 12.5. The highest BCUT2D eigenvalue weighted by molar-refractivity contribution is 7.99. The third kappa shape index (κ3) is 19.7. The Morgan fingerprint density at radius 1 is 0.610 bits per heavy atom. The van der Waals surface area contributed by atoms with Crippen molar-refractivity contribution in [2.24, 2.45) is 5.41 Å². The minimum Gasteiger partial charge on any atom is -0.465 e. The van der Waals surface area contributed by atoms with Gasteiger partial charge in [-0.15, -0.1) is 0 Å². The van der Waals surface area contributed by atoms with Crippen LogP contribution in [0, 0.1) is 5.41 Å².